The molecule has 1 fully saturated rings. The number of hydrogen-bond acceptors (Lipinski definition) is 1. The Labute approximate surface area is 99.6 Å². The Morgan fingerprint density at radius 3 is 2.56 bits per heavy atom. The predicted molar refractivity (Wildman–Crippen MR) is 62.3 cm³/mol. The molecule has 0 bridgehead atoms. The second-order valence-electron chi connectivity index (χ2n) is 4.72. The van der Waals surface area contributed by atoms with E-state index in [0.717, 1.165) is 25.7 Å². The summed E-state index contributed by atoms with van der Waals surface area (Å²) in [5.74, 6) is -0.593. The molecule has 0 radical (unpaired) electrons. The number of carbonyl (C=O) groups is 1. The molecule has 1 saturated carbocycles. The van der Waals surface area contributed by atoms with Gasteiger partial charge in [0.1, 0.15) is 5.82 Å². The minimum Gasteiger partial charge on any atom is -0.293 e. The fourth-order valence-electron chi connectivity index (χ4n) is 2.38. The molecule has 0 heterocycles. The third-order valence-corrected chi connectivity index (χ3v) is 3.67. The molecule has 0 spiro atoms. The minimum absolute atomic E-state index is 0.0841. The number of benzene rings is 1. The van der Waals surface area contributed by atoms with Crippen molar-refractivity contribution >= 4 is 17.4 Å². The Kier molecular flexibility index (Phi) is 3.02. The van der Waals surface area contributed by atoms with E-state index in [1.54, 1.807) is 6.07 Å². The third-order valence-electron chi connectivity index (χ3n) is 3.43. The first kappa shape index (κ1) is 11.6. The standard InChI is InChI=1S/C13H14ClFO/c1-13(6-2-3-7-13)12(16)10-5-4-9(14)8-11(10)15/h4-5,8H,2-3,6-7H2,1H3. The van der Waals surface area contributed by atoms with Gasteiger partial charge in [0.15, 0.2) is 5.78 Å². The van der Waals surface area contributed by atoms with Crippen molar-refractivity contribution in [3.8, 4) is 0 Å². The summed E-state index contributed by atoms with van der Waals surface area (Å²) in [7, 11) is 0. The van der Waals surface area contributed by atoms with Crippen LogP contribution in [0.4, 0.5) is 4.39 Å². The van der Waals surface area contributed by atoms with E-state index in [-0.39, 0.29) is 16.8 Å². The molecule has 0 N–H and O–H groups in total. The first-order valence-electron chi connectivity index (χ1n) is 5.53. The lowest BCUT2D eigenvalue weighted by atomic mass is 9.81. The summed E-state index contributed by atoms with van der Waals surface area (Å²) >= 11 is 5.66. The number of halogens is 2. The van der Waals surface area contributed by atoms with Crippen LogP contribution >= 0.6 is 11.6 Å². The van der Waals surface area contributed by atoms with Gasteiger partial charge in [0.2, 0.25) is 0 Å². The normalized spacial score (nSPS) is 18.7. The number of carbonyl (C=O) groups excluding carboxylic acids is 1. The maximum absolute atomic E-state index is 13.6. The number of Topliss-reactive ketones (excluding diaryl/α,β-unsaturated/α-hetero) is 1. The molecular weight excluding hydrogens is 227 g/mol. The van der Waals surface area contributed by atoms with Crippen LogP contribution in [-0.2, 0) is 0 Å². The molecule has 1 aliphatic carbocycles. The van der Waals surface area contributed by atoms with Gasteiger partial charge in [0.25, 0.3) is 0 Å². The van der Waals surface area contributed by atoms with Crippen molar-refractivity contribution in [2.45, 2.75) is 32.6 Å². The van der Waals surface area contributed by atoms with E-state index >= 15 is 0 Å². The summed E-state index contributed by atoms with van der Waals surface area (Å²) in [6, 6.07) is 4.26. The number of rotatable bonds is 2. The van der Waals surface area contributed by atoms with Gasteiger partial charge in [0.05, 0.1) is 5.56 Å². The van der Waals surface area contributed by atoms with Gasteiger partial charge in [-0.2, -0.15) is 0 Å². The molecule has 0 aliphatic heterocycles. The Hall–Kier alpha value is -0.890. The Morgan fingerprint density at radius 2 is 2.00 bits per heavy atom. The van der Waals surface area contributed by atoms with Crippen molar-refractivity contribution in [2.24, 2.45) is 5.41 Å². The van der Waals surface area contributed by atoms with Gasteiger partial charge in [-0.15, -0.1) is 0 Å². The summed E-state index contributed by atoms with van der Waals surface area (Å²) in [4.78, 5) is 12.2. The van der Waals surface area contributed by atoms with Gasteiger partial charge in [0, 0.05) is 10.4 Å². The lowest BCUT2D eigenvalue weighted by Gasteiger charge is -2.21. The molecule has 0 saturated heterocycles. The van der Waals surface area contributed by atoms with E-state index < -0.39 is 5.82 Å². The highest BCUT2D eigenvalue weighted by Gasteiger charge is 2.37. The SMILES string of the molecule is CC1(C(=O)c2ccc(Cl)cc2F)CCCC1. The molecule has 0 aromatic heterocycles. The van der Waals surface area contributed by atoms with Crippen LogP contribution in [0.15, 0.2) is 18.2 Å². The zero-order valence-corrected chi connectivity index (χ0v) is 9.98. The fourth-order valence-corrected chi connectivity index (χ4v) is 2.54. The topological polar surface area (TPSA) is 17.1 Å². The molecule has 0 atom stereocenters. The van der Waals surface area contributed by atoms with Crippen molar-refractivity contribution in [1.29, 1.82) is 0 Å². The number of ketones is 1. The summed E-state index contributed by atoms with van der Waals surface area (Å²) in [5.41, 5.74) is -0.205. The summed E-state index contributed by atoms with van der Waals surface area (Å²) in [6.45, 7) is 1.93. The molecule has 0 amide bonds. The first-order chi connectivity index (χ1) is 7.53. The van der Waals surface area contributed by atoms with Gasteiger partial charge in [-0.25, -0.2) is 4.39 Å². The van der Waals surface area contributed by atoms with Crippen LogP contribution in [0.25, 0.3) is 0 Å². The maximum atomic E-state index is 13.6. The van der Waals surface area contributed by atoms with Crippen LogP contribution in [0.1, 0.15) is 43.0 Å². The van der Waals surface area contributed by atoms with Crippen LogP contribution in [0.3, 0.4) is 0 Å². The Bertz CT molecular complexity index is 422. The summed E-state index contributed by atoms with van der Waals surface area (Å²) in [5, 5.41) is 0.325. The molecule has 1 aliphatic rings. The first-order valence-corrected chi connectivity index (χ1v) is 5.91. The third kappa shape index (κ3) is 1.99. The quantitative estimate of drug-likeness (QED) is 0.707. The van der Waals surface area contributed by atoms with Crippen LogP contribution in [0.5, 0.6) is 0 Å². The molecule has 16 heavy (non-hydrogen) atoms. The second kappa shape index (κ2) is 4.17. The molecule has 1 aromatic carbocycles. The van der Waals surface area contributed by atoms with Crippen LogP contribution in [-0.4, -0.2) is 5.78 Å². The van der Waals surface area contributed by atoms with Gasteiger partial charge in [-0.3, -0.25) is 4.79 Å². The molecular formula is C13H14ClFO. The van der Waals surface area contributed by atoms with Gasteiger partial charge in [-0.05, 0) is 31.0 Å². The van der Waals surface area contributed by atoms with Gasteiger partial charge in [-0.1, -0.05) is 31.4 Å². The summed E-state index contributed by atoms with van der Waals surface area (Å²) in [6.07, 6.45) is 3.82. The average molecular weight is 241 g/mol. The van der Waals surface area contributed by atoms with Crippen LogP contribution < -0.4 is 0 Å². The maximum Gasteiger partial charge on any atom is 0.171 e. The Balaban J connectivity index is 2.33. The monoisotopic (exact) mass is 240 g/mol. The van der Waals surface area contributed by atoms with Crippen molar-refractivity contribution in [3.63, 3.8) is 0 Å². The molecule has 3 heteroatoms. The summed E-state index contributed by atoms with van der Waals surface area (Å²) < 4.78 is 13.6. The second-order valence-corrected chi connectivity index (χ2v) is 5.16. The fraction of sp³-hybridized carbons (Fsp3) is 0.462. The van der Waals surface area contributed by atoms with Crippen molar-refractivity contribution in [2.75, 3.05) is 0 Å². The smallest absolute Gasteiger partial charge is 0.171 e. The van der Waals surface area contributed by atoms with E-state index in [1.807, 2.05) is 6.92 Å². The molecule has 0 unspecified atom stereocenters. The molecule has 1 aromatic rings. The van der Waals surface area contributed by atoms with E-state index in [2.05, 4.69) is 0 Å². The van der Waals surface area contributed by atoms with E-state index in [1.165, 1.54) is 12.1 Å². The van der Waals surface area contributed by atoms with Crippen molar-refractivity contribution in [3.05, 3.63) is 34.6 Å². The highest BCUT2D eigenvalue weighted by molar-refractivity contribution is 6.30. The molecule has 1 nitrogen and oxygen atoms in total. The lowest BCUT2D eigenvalue weighted by molar-refractivity contribution is 0.0819. The van der Waals surface area contributed by atoms with E-state index in [9.17, 15) is 9.18 Å². The van der Waals surface area contributed by atoms with Crippen LogP contribution in [0, 0.1) is 11.2 Å². The van der Waals surface area contributed by atoms with Gasteiger partial charge >= 0.3 is 0 Å². The van der Waals surface area contributed by atoms with Crippen LogP contribution in [0.2, 0.25) is 5.02 Å². The predicted octanol–water partition coefficient (Wildman–Crippen LogP) is 4.24. The van der Waals surface area contributed by atoms with E-state index in [0.29, 0.717) is 5.02 Å². The van der Waals surface area contributed by atoms with Crippen molar-refractivity contribution in [1.82, 2.24) is 0 Å². The highest BCUT2D eigenvalue weighted by Crippen LogP contribution is 2.40. The largest absolute Gasteiger partial charge is 0.293 e. The molecule has 86 valence electrons. The average Bonchev–Trinajstić information content (AvgIpc) is 2.66. The Morgan fingerprint density at radius 1 is 1.38 bits per heavy atom. The number of hydrogen-bond donors (Lipinski definition) is 0. The van der Waals surface area contributed by atoms with E-state index in [4.69, 9.17) is 11.6 Å². The van der Waals surface area contributed by atoms with Crippen molar-refractivity contribution < 1.29 is 9.18 Å². The van der Waals surface area contributed by atoms with Gasteiger partial charge < -0.3 is 0 Å². The lowest BCUT2D eigenvalue weighted by Crippen LogP contribution is -2.25. The minimum atomic E-state index is -0.509. The molecule has 2 rings (SSSR count). The zero-order chi connectivity index (χ0) is 11.8. The highest BCUT2D eigenvalue weighted by atomic mass is 35.5. The zero-order valence-electron chi connectivity index (χ0n) is 9.22.